The lowest BCUT2D eigenvalue weighted by molar-refractivity contribution is 0.00156. The second kappa shape index (κ2) is 5.77. The number of anilines is 1. The van der Waals surface area contributed by atoms with Gasteiger partial charge in [0.2, 0.25) is 5.13 Å². The molecule has 4 heterocycles. The Kier molecular flexibility index (Phi) is 3.56. The fourth-order valence-electron chi connectivity index (χ4n) is 5.04. The third-order valence-electron chi connectivity index (χ3n) is 6.18. The van der Waals surface area contributed by atoms with Crippen LogP contribution in [-0.4, -0.2) is 41.0 Å². The van der Waals surface area contributed by atoms with E-state index in [1.807, 2.05) is 24.4 Å². The van der Waals surface area contributed by atoms with Crippen molar-refractivity contribution in [2.75, 3.05) is 24.7 Å². The first-order valence-corrected chi connectivity index (χ1v) is 9.77. The van der Waals surface area contributed by atoms with Gasteiger partial charge < -0.3 is 9.64 Å². The summed E-state index contributed by atoms with van der Waals surface area (Å²) >= 11 is 1.69. The molecule has 2 atom stereocenters. The summed E-state index contributed by atoms with van der Waals surface area (Å²) in [6, 6.07) is 6.59. The fourth-order valence-corrected chi connectivity index (χ4v) is 5.92. The standard InChI is InChI=1S/C18H22N4OS/c1-2-9-19-14(5-1)16-20-21-17(24-16)22-12-18(7-10-23-11-8-18)13-4-3-6-15(13)22/h1-2,5,9,13,15H,3-4,6-8,10-12H2/t13-,15+/m0/s1. The van der Waals surface area contributed by atoms with E-state index < -0.39 is 0 Å². The summed E-state index contributed by atoms with van der Waals surface area (Å²) < 4.78 is 5.66. The van der Waals surface area contributed by atoms with E-state index in [1.165, 1.54) is 32.1 Å². The summed E-state index contributed by atoms with van der Waals surface area (Å²) in [6.45, 7) is 2.97. The predicted molar refractivity (Wildman–Crippen MR) is 94.1 cm³/mol. The average Bonchev–Trinajstić information content (AvgIpc) is 3.35. The maximum atomic E-state index is 5.66. The summed E-state index contributed by atoms with van der Waals surface area (Å²) in [4.78, 5) is 6.97. The summed E-state index contributed by atoms with van der Waals surface area (Å²) in [6.07, 6.45) is 8.24. The van der Waals surface area contributed by atoms with Crippen molar-refractivity contribution in [1.29, 1.82) is 0 Å². The first kappa shape index (κ1) is 14.8. The van der Waals surface area contributed by atoms with Gasteiger partial charge >= 0.3 is 0 Å². The summed E-state index contributed by atoms with van der Waals surface area (Å²) in [5, 5.41) is 11.0. The average molecular weight is 342 g/mol. The van der Waals surface area contributed by atoms with Crippen LogP contribution in [-0.2, 0) is 4.74 Å². The number of rotatable bonds is 2. The van der Waals surface area contributed by atoms with Gasteiger partial charge in [-0.25, -0.2) is 0 Å². The number of fused-ring (bicyclic) bond motifs is 2. The molecule has 3 aliphatic rings. The van der Waals surface area contributed by atoms with Crippen molar-refractivity contribution < 1.29 is 4.74 Å². The monoisotopic (exact) mass is 342 g/mol. The molecule has 0 aromatic carbocycles. The Bertz CT molecular complexity index is 713. The highest BCUT2D eigenvalue weighted by atomic mass is 32.1. The van der Waals surface area contributed by atoms with Crippen LogP contribution in [0.3, 0.4) is 0 Å². The molecule has 3 fully saturated rings. The van der Waals surface area contributed by atoms with Gasteiger partial charge in [0.25, 0.3) is 0 Å². The summed E-state index contributed by atoms with van der Waals surface area (Å²) in [7, 11) is 0. The lowest BCUT2D eigenvalue weighted by Crippen LogP contribution is -2.36. The molecule has 24 heavy (non-hydrogen) atoms. The molecular weight excluding hydrogens is 320 g/mol. The van der Waals surface area contributed by atoms with Crippen LogP contribution in [0, 0.1) is 11.3 Å². The second-order valence-electron chi connectivity index (χ2n) is 7.31. The van der Waals surface area contributed by atoms with Crippen LogP contribution in [0.25, 0.3) is 10.7 Å². The molecule has 2 aliphatic heterocycles. The molecular formula is C18H22N4OS. The normalized spacial score (nSPS) is 28.4. The van der Waals surface area contributed by atoms with E-state index in [0.717, 1.165) is 41.5 Å². The van der Waals surface area contributed by atoms with Crippen molar-refractivity contribution in [3.05, 3.63) is 24.4 Å². The van der Waals surface area contributed by atoms with Gasteiger partial charge in [-0.15, -0.1) is 10.2 Å². The molecule has 6 heteroatoms. The SMILES string of the molecule is c1ccc(-c2nnc(N3CC4(CCOCC4)[C@H]4CCC[C@H]43)s2)nc1. The molecule has 2 aromatic heterocycles. The molecule has 0 amide bonds. The van der Waals surface area contributed by atoms with Gasteiger partial charge in [0, 0.05) is 32.0 Å². The van der Waals surface area contributed by atoms with Crippen LogP contribution >= 0.6 is 11.3 Å². The molecule has 1 aliphatic carbocycles. The Hall–Kier alpha value is -1.53. The quantitative estimate of drug-likeness (QED) is 0.837. The van der Waals surface area contributed by atoms with Gasteiger partial charge in [-0.05, 0) is 49.1 Å². The summed E-state index contributed by atoms with van der Waals surface area (Å²) in [5.41, 5.74) is 1.36. The first-order chi connectivity index (χ1) is 11.9. The molecule has 0 N–H and O–H groups in total. The van der Waals surface area contributed by atoms with Crippen molar-refractivity contribution in [3.63, 3.8) is 0 Å². The van der Waals surface area contributed by atoms with Gasteiger partial charge in [0.05, 0.1) is 0 Å². The van der Waals surface area contributed by atoms with Crippen LogP contribution < -0.4 is 4.90 Å². The molecule has 0 bridgehead atoms. The number of pyridine rings is 1. The first-order valence-electron chi connectivity index (χ1n) is 8.95. The van der Waals surface area contributed by atoms with E-state index in [1.54, 1.807) is 11.3 Å². The number of nitrogens with zero attached hydrogens (tertiary/aromatic N) is 4. The van der Waals surface area contributed by atoms with Crippen molar-refractivity contribution in [1.82, 2.24) is 15.2 Å². The molecule has 1 saturated carbocycles. The van der Waals surface area contributed by atoms with E-state index in [-0.39, 0.29) is 0 Å². The molecule has 0 unspecified atom stereocenters. The predicted octanol–water partition coefficient (Wildman–Crippen LogP) is 3.39. The number of ether oxygens (including phenoxy) is 1. The highest BCUT2D eigenvalue weighted by Gasteiger charge is 2.54. The molecule has 1 spiro atoms. The van der Waals surface area contributed by atoms with Crippen LogP contribution in [0.2, 0.25) is 0 Å². The Morgan fingerprint density at radius 2 is 2.08 bits per heavy atom. The maximum Gasteiger partial charge on any atom is 0.208 e. The van der Waals surface area contributed by atoms with Crippen molar-refractivity contribution >= 4 is 16.5 Å². The van der Waals surface area contributed by atoms with Gasteiger partial charge in [0.15, 0.2) is 5.01 Å². The van der Waals surface area contributed by atoms with E-state index in [0.29, 0.717) is 11.5 Å². The Balaban J connectivity index is 1.46. The number of hydrogen-bond acceptors (Lipinski definition) is 6. The van der Waals surface area contributed by atoms with E-state index in [4.69, 9.17) is 4.74 Å². The zero-order valence-electron chi connectivity index (χ0n) is 13.7. The number of hydrogen-bond donors (Lipinski definition) is 0. The van der Waals surface area contributed by atoms with Crippen molar-refractivity contribution in [2.24, 2.45) is 11.3 Å². The van der Waals surface area contributed by atoms with E-state index >= 15 is 0 Å². The van der Waals surface area contributed by atoms with Gasteiger partial charge in [0.1, 0.15) is 5.69 Å². The lowest BCUT2D eigenvalue weighted by Gasteiger charge is -2.37. The molecule has 0 radical (unpaired) electrons. The molecule has 126 valence electrons. The van der Waals surface area contributed by atoms with Gasteiger partial charge in [-0.2, -0.15) is 0 Å². The van der Waals surface area contributed by atoms with Crippen molar-refractivity contribution in [3.8, 4) is 10.7 Å². The van der Waals surface area contributed by atoms with Gasteiger partial charge in [-0.3, -0.25) is 4.98 Å². The van der Waals surface area contributed by atoms with E-state index in [9.17, 15) is 0 Å². The molecule has 5 nitrogen and oxygen atoms in total. The highest BCUT2D eigenvalue weighted by molar-refractivity contribution is 7.18. The Morgan fingerprint density at radius 1 is 1.17 bits per heavy atom. The topological polar surface area (TPSA) is 51.1 Å². The van der Waals surface area contributed by atoms with E-state index in [2.05, 4.69) is 20.1 Å². The van der Waals surface area contributed by atoms with Crippen LogP contribution in [0.4, 0.5) is 5.13 Å². The van der Waals surface area contributed by atoms with Crippen molar-refractivity contribution in [2.45, 2.75) is 38.1 Å². The maximum absolute atomic E-state index is 5.66. The fraction of sp³-hybridized carbons (Fsp3) is 0.611. The minimum Gasteiger partial charge on any atom is -0.381 e. The van der Waals surface area contributed by atoms with Crippen LogP contribution in [0.15, 0.2) is 24.4 Å². The molecule has 2 aromatic rings. The molecule has 2 saturated heterocycles. The zero-order valence-corrected chi connectivity index (χ0v) is 14.5. The third kappa shape index (κ3) is 2.27. The van der Waals surface area contributed by atoms with Gasteiger partial charge in [-0.1, -0.05) is 23.8 Å². The Morgan fingerprint density at radius 3 is 2.92 bits per heavy atom. The minimum absolute atomic E-state index is 0.441. The van der Waals surface area contributed by atoms with Crippen LogP contribution in [0.1, 0.15) is 32.1 Å². The lowest BCUT2D eigenvalue weighted by atomic mass is 9.71. The minimum atomic E-state index is 0.441. The highest BCUT2D eigenvalue weighted by Crippen LogP contribution is 2.55. The smallest absolute Gasteiger partial charge is 0.208 e. The third-order valence-corrected chi connectivity index (χ3v) is 7.17. The molecule has 5 rings (SSSR count). The Labute approximate surface area is 146 Å². The zero-order chi connectivity index (χ0) is 16.0. The number of aromatic nitrogens is 3. The second-order valence-corrected chi connectivity index (χ2v) is 8.27. The summed E-state index contributed by atoms with van der Waals surface area (Å²) in [5.74, 6) is 0.809. The van der Waals surface area contributed by atoms with Crippen LogP contribution in [0.5, 0.6) is 0 Å². The largest absolute Gasteiger partial charge is 0.381 e.